The Morgan fingerprint density at radius 2 is 1.80 bits per heavy atom. The second-order valence-electron chi connectivity index (χ2n) is 6.04. The Morgan fingerprint density at radius 1 is 1.12 bits per heavy atom. The van der Waals surface area contributed by atoms with Crippen LogP contribution in [0.4, 0.5) is 0 Å². The van der Waals surface area contributed by atoms with E-state index >= 15 is 0 Å². The normalized spacial score (nSPS) is 13.0. The Balaban J connectivity index is 2.12. The van der Waals surface area contributed by atoms with Gasteiger partial charge in [-0.1, -0.05) is 29.8 Å². The maximum atomic E-state index is 12.8. The quantitative estimate of drug-likeness (QED) is 0.752. The number of aryl methyl sites for hydroxylation is 1. The summed E-state index contributed by atoms with van der Waals surface area (Å²) in [6.07, 6.45) is -0.609. The molecule has 1 amide bonds. The fraction of sp³-hybridized carbons (Fsp3) is 0.350. The number of carbonyl (C=O) groups excluding carboxylic acids is 1. The summed E-state index contributed by atoms with van der Waals surface area (Å²) in [5, 5.41) is 0.644. The third kappa shape index (κ3) is 4.45. The van der Waals surface area contributed by atoms with Crippen molar-refractivity contribution < 1.29 is 14.3 Å². The van der Waals surface area contributed by atoms with Crippen LogP contribution in [0.15, 0.2) is 42.5 Å². The molecule has 0 unspecified atom stereocenters. The van der Waals surface area contributed by atoms with Crippen LogP contribution in [-0.4, -0.2) is 31.1 Å². The molecule has 0 aliphatic heterocycles. The van der Waals surface area contributed by atoms with Crippen molar-refractivity contribution in [2.45, 2.75) is 32.9 Å². The highest BCUT2D eigenvalue weighted by molar-refractivity contribution is 6.30. The summed E-state index contributed by atoms with van der Waals surface area (Å²) in [6, 6.07) is 12.9. The van der Waals surface area contributed by atoms with Gasteiger partial charge >= 0.3 is 0 Å². The maximum absolute atomic E-state index is 12.8. The molecule has 0 aromatic heterocycles. The lowest BCUT2D eigenvalue weighted by molar-refractivity contribution is -0.138. The first-order valence-corrected chi connectivity index (χ1v) is 8.55. The molecule has 0 aliphatic carbocycles. The highest BCUT2D eigenvalue weighted by atomic mass is 35.5. The minimum atomic E-state index is -0.609. The molecule has 0 aliphatic rings. The van der Waals surface area contributed by atoms with Crippen LogP contribution >= 0.6 is 11.6 Å². The summed E-state index contributed by atoms with van der Waals surface area (Å²) in [7, 11) is 3.40. The monoisotopic (exact) mass is 361 g/mol. The molecular weight excluding hydrogens is 338 g/mol. The third-order valence-electron chi connectivity index (χ3n) is 4.31. The summed E-state index contributed by atoms with van der Waals surface area (Å²) >= 11 is 5.96. The minimum absolute atomic E-state index is 0.104. The number of carbonyl (C=O) groups is 1. The van der Waals surface area contributed by atoms with Crippen LogP contribution in [0.25, 0.3) is 0 Å². The number of nitrogens with zero attached hydrogens (tertiary/aromatic N) is 1. The van der Waals surface area contributed by atoms with Gasteiger partial charge in [-0.05, 0) is 50.6 Å². The standard InChI is InChI=1S/C20H24ClNO3/c1-13-12-16(21)10-11-18(13)25-15(3)20(23)22(4)14(2)17-8-6-7-9-19(17)24-5/h6-12,14-15H,1-5H3/t14-,15-/m0/s1. The number of likely N-dealkylation sites (N-methyl/N-ethyl adjacent to an activating group) is 1. The Morgan fingerprint density at radius 3 is 2.44 bits per heavy atom. The number of hydrogen-bond acceptors (Lipinski definition) is 3. The number of para-hydroxylation sites is 1. The largest absolute Gasteiger partial charge is 0.496 e. The lowest BCUT2D eigenvalue weighted by atomic mass is 10.1. The van der Waals surface area contributed by atoms with E-state index in [1.54, 1.807) is 38.1 Å². The molecule has 0 saturated heterocycles. The van der Waals surface area contributed by atoms with E-state index in [1.807, 2.05) is 44.2 Å². The van der Waals surface area contributed by atoms with Crippen LogP contribution in [0.3, 0.4) is 0 Å². The van der Waals surface area contributed by atoms with Crippen molar-refractivity contribution >= 4 is 17.5 Å². The molecule has 4 nitrogen and oxygen atoms in total. The first kappa shape index (κ1) is 19.1. The maximum Gasteiger partial charge on any atom is 0.263 e. The lowest BCUT2D eigenvalue weighted by Gasteiger charge is -2.29. The van der Waals surface area contributed by atoms with Gasteiger partial charge in [0.1, 0.15) is 11.5 Å². The predicted molar refractivity (Wildman–Crippen MR) is 100 cm³/mol. The summed E-state index contributed by atoms with van der Waals surface area (Å²) in [5.41, 5.74) is 1.85. The summed E-state index contributed by atoms with van der Waals surface area (Å²) in [4.78, 5) is 14.4. The molecule has 0 N–H and O–H groups in total. The van der Waals surface area contributed by atoms with E-state index in [1.165, 1.54) is 0 Å². The Bertz CT molecular complexity index is 747. The van der Waals surface area contributed by atoms with Gasteiger partial charge in [0.25, 0.3) is 5.91 Å². The van der Waals surface area contributed by atoms with Gasteiger partial charge in [0, 0.05) is 17.6 Å². The van der Waals surface area contributed by atoms with Crippen LogP contribution in [-0.2, 0) is 4.79 Å². The van der Waals surface area contributed by atoms with Crippen LogP contribution in [0.2, 0.25) is 5.02 Å². The highest BCUT2D eigenvalue weighted by Gasteiger charge is 2.25. The van der Waals surface area contributed by atoms with E-state index in [-0.39, 0.29) is 11.9 Å². The number of amides is 1. The zero-order valence-electron chi connectivity index (χ0n) is 15.2. The SMILES string of the molecule is COc1ccccc1[C@H](C)N(C)C(=O)[C@H](C)Oc1ccc(Cl)cc1C. The molecule has 0 radical (unpaired) electrons. The number of halogens is 1. The van der Waals surface area contributed by atoms with Gasteiger partial charge in [-0.2, -0.15) is 0 Å². The Labute approximate surface area is 154 Å². The lowest BCUT2D eigenvalue weighted by Crippen LogP contribution is -2.39. The van der Waals surface area contributed by atoms with Crippen LogP contribution in [0.5, 0.6) is 11.5 Å². The van der Waals surface area contributed by atoms with Crippen LogP contribution < -0.4 is 9.47 Å². The van der Waals surface area contributed by atoms with Gasteiger partial charge in [0.2, 0.25) is 0 Å². The van der Waals surface area contributed by atoms with Crippen molar-refractivity contribution in [2.75, 3.05) is 14.2 Å². The van der Waals surface area contributed by atoms with E-state index < -0.39 is 6.10 Å². The molecule has 2 atom stereocenters. The molecule has 0 heterocycles. The minimum Gasteiger partial charge on any atom is -0.496 e. The molecule has 25 heavy (non-hydrogen) atoms. The highest BCUT2D eigenvalue weighted by Crippen LogP contribution is 2.29. The predicted octanol–water partition coefficient (Wildman–Crippen LogP) is 4.64. The number of methoxy groups -OCH3 is 1. The zero-order valence-corrected chi connectivity index (χ0v) is 16.0. The van der Waals surface area contributed by atoms with Crippen molar-refractivity contribution in [1.82, 2.24) is 4.90 Å². The molecular formula is C20H24ClNO3. The molecule has 0 fully saturated rings. The van der Waals surface area contributed by atoms with Gasteiger partial charge in [0.15, 0.2) is 6.10 Å². The van der Waals surface area contributed by atoms with E-state index in [9.17, 15) is 4.79 Å². The molecule has 5 heteroatoms. The van der Waals surface area contributed by atoms with E-state index in [0.29, 0.717) is 10.8 Å². The summed E-state index contributed by atoms with van der Waals surface area (Å²) in [6.45, 7) is 5.62. The van der Waals surface area contributed by atoms with Gasteiger partial charge in [-0.3, -0.25) is 4.79 Å². The van der Waals surface area contributed by atoms with E-state index in [2.05, 4.69) is 0 Å². The van der Waals surface area contributed by atoms with Gasteiger partial charge in [-0.25, -0.2) is 0 Å². The number of ether oxygens (including phenoxy) is 2. The average Bonchev–Trinajstić information content (AvgIpc) is 2.62. The first-order chi connectivity index (χ1) is 11.8. The first-order valence-electron chi connectivity index (χ1n) is 8.17. The molecule has 2 aromatic carbocycles. The van der Waals surface area contributed by atoms with E-state index in [0.717, 1.165) is 16.9 Å². The topological polar surface area (TPSA) is 38.8 Å². The van der Waals surface area contributed by atoms with Crippen molar-refractivity contribution in [2.24, 2.45) is 0 Å². The molecule has 0 spiro atoms. The smallest absolute Gasteiger partial charge is 0.263 e. The van der Waals surface area contributed by atoms with Crippen molar-refractivity contribution in [3.8, 4) is 11.5 Å². The number of benzene rings is 2. The third-order valence-corrected chi connectivity index (χ3v) is 4.54. The fourth-order valence-corrected chi connectivity index (χ4v) is 2.91. The second kappa shape index (κ2) is 8.26. The van der Waals surface area contributed by atoms with Crippen LogP contribution in [0.1, 0.15) is 31.0 Å². The van der Waals surface area contributed by atoms with Crippen molar-refractivity contribution in [3.05, 3.63) is 58.6 Å². The fourth-order valence-electron chi connectivity index (χ4n) is 2.68. The Hall–Kier alpha value is -2.20. The Kier molecular flexibility index (Phi) is 6.32. The molecule has 2 rings (SSSR count). The summed E-state index contributed by atoms with van der Waals surface area (Å²) in [5.74, 6) is 1.31. The summed E-state index contributed by atoms with van der Waals surface area (Å²) < 4.78 is 11.2. The van der Waals surface area contributed by atoms with E-state index in [4.69, 9.17) is 21.1 Å². The number of hydrogen-bond donors (Lipinski definition) is 0. The van der Waals surface area contributed by atoms with Crippen LogP contribution in [0, 0.1) is 6.92 Å². The van der Waals surface area contributed by atoms with Gasteiger partial charge in [0.05, 0.1) is 13.2 Å². The number of rotatable bonds is 6. The van der Waals surface area contributed by atoms with Crippen molar-refractivity contribution in [1.29, 1.82) is 0 Å². The van der Waals surface area contributed by atoms with Crippen molar-refractivity contribution in [3.63, 3.8) is 0 Å². The van der Waals surface area contributed by atoms with Gasteiger partial charge in [-0.15, -0.1) is 0 Å². The average molecular weight is 362 g/mol. The molecule has 0 saturated carbocycles. The molecule has 2 aromatic rings. The molecule has 0 bridgehead atoms. The molecule has 134 valence electrons. The zero-order chi connectivity index (χ0) is 18.6. The second-order valence-corrected chi connectivity index (χ2v) is 6.47. The van der Waals surface area contributed by atoms with Gasteiger partial charge < -0.3 is 14.4 Å².